The number of nitrogens with two attached hydrogens (primary N) is 1. The van der Waals surface area contributed by atoms with E-state index in [-0.39, 0.29) is 6.04 Å². The highest BCUT2D eigenvalue weighted by atomic mass is 16.5. The molecule has 0 radical (unpaired) electrons. The monoisotopic (exact) mass is 281 g/mol. The van der Waals surface area contributed by atoms with Gasteiger partial charge in [-0.25, -0.2) is 0 Å². The minimum absolute atomic E-state index is 0.261. The first kappa shape index (κ1) is 13.7. The van der Waals surface area contributed by atoms with E-state index in [0.29, 0.717) is 0 Å². The van der Waals surface area contributed by atoms with Crippen molar-refractivity contribution in [3.8, 4) is 5.75 Å². The molecule has 1 aromatic heterocycles. The summed E-state index contributed by atoms with van der Waals surface area (Å²) in [6.07, 6.45) is 0. The standard InChI is InChI=1S/C18H19NO2/c1-11-4-5-14(8-12(11)2)18(19)17-9-13-6-7-15(20-3)10-16(13)21-17/h4-10,18H,19H2,1-3H3. The van der Waals surface area contributed by atoms with Crippen LogP contribution >= 0.6 is 0 Å². The molecule has 2 aromatic carbocycles. The van der Waals surface area contributed by atoms with Crippen LogP contribution in [0.1, 0.15) is 28.5 Å². The summed E-state index contributed by atoms with van der Waals surface area (Å²) in [7, 11) is 1.64. The fourth-order valence-corrected chi connectivity index (χ4v) is 2.43. The fourth-order valence-electron chi connectivity index (χ4n) is 2.43. The Morgan fingerprint density at radius 1 is 1.00 bits per heavy atom. The van der Waals surface area contributed by atoms with Gasteiger partial charge in [-0.1, -0.05) is 18.2 Å². The summed E-state index contributed by atoms with van der Waals surface area (Å²) in [5.41, 5.74) is 10.7. The molecule has 3 aromatic rings. The van der Waals surface area contributed by atoms with E-state index in [4.69, 9.17) is 14.9 Å². The third-order valence-electron chi connectivity index (χ3n) is 3.94. The van der Waals surface area contributed by atoms with Crippen LogP contribution in [-0.2, 0) is 0 Å². The quantitative estimate of drug-likeness (QED) is 0.786. The molecule has 0 aliphatic carbocycles. The number of furan rings is 1. The van der Waals surface area contributed by atoms with Crippen molar-refractivity contribution in [2.24, 2.45) is 5.73 Å². The summed E-state index contributed by atoms with van der Waals surface area (Å²) < 4.78 is 11.1. The smallest absolute Gasteiger partial charge is 0.138 e. The molecule has 108 valence electrons. The summed E-state index contributed by atoms with van der Waals surface area (Å²) >= 11 is 0. The van der Waals surface area contributed by atoms with Gasteiger partial charge < -0.3 is 14.9 Å². The van der Waals surface area contributed by atoms with Crippen LogP contribution in [0.25, 0.3) is 11.0 Å². The van der Waals surface area contributed by atoms with Gasteiger partial charge in [0.25, 0.3) is 0 Å². The van der Waals surface area contributed by atoms with Crippen LogP contribution in [0.2, 0.25) is 0 Å². The van der Waals surface area contributed by atoms with Crippen molar-refractivity contribution >= 4 is 11.0 Å². The number of rotatable bonds is 3. The number of methoxy groups -OCH3 is 1. The average Bonchev–Trinajstić information content (AvgIpc) is 2.92. The Labute approximate surface area is 124 Å². The lowest BCUT2D eigenvalue weighted by Crippen LogP contribution is -2.11. The molecule has 3 heteroatoms. The maximum atomic E-state index is 6.34. The van der Waals surface area contributed by atoms with Crippen LogP contribution in [0.3, 0.4) is 0 Å². The SMILES string of the molecule is COc1ccc2cc(C(N)c3ccc(C)c(C)c3)oc2c1. The molecule has 0 saturated heterocycles. The maximum absolute atomic E-state index is 6.34. The molecule has 0 fully saturated rings. The number of ether oxygens (including phenoxy) is 1. The van der Waals surface area contributed by atoms with Crippen molar-refractivity contribution < 1.29 is 9.15 Å². The molecule has 1 heterocycles. The van der Waals surface area contributed by atoms with Crippen LogP contribution in [0.15, 0.2) is 46.9 Å². The second-order valence-electron chi connectivity index (χ2n) is 5.37. The Kier molecular flexibility index (Phi) is 3.43. The Hall–Kier alpha value is -2.26. The molecule has 1 unspecified atom stereocenters. The van der Waals surface area contributed by atoms with Crippen molar-refractivity contribution in [1.29, 1.82) is 0 Å². The van der Waals surface area contributed by atoms with E-state index in [1.54, 1.807) is 7.11 Å². The highest BCUT2D eigenvalue weighted by molar-refractivity contribution is 5.79. The third kappa shape index (κ3) is 2.52. The average molecular weight is 281 g/mol. The van der Waals surface area contributed by atoms with Gasteiger partial charge >= 0.3 is 0 Å². The predicted octanol–water partition coefficient (Wildman–Crippen LogP) is 4.11. The summed E-state index contributed by atoms with van der Waals surface area (Å²) in [4.78, 5) is 0. The molecule has 3 rings (SSSR count). The molecule has 3 nitrogen and oxygen atoms in total. The first-order valence-electron chi connectivity index (χ1n) is 6.98. The zero-order valence-corrected chi connectivity index (χ0v) is 12.5. The zero-order valence-electron chi connectivity index (χ0n) is 12.5. The number of fused-ring (bicyclic) bond motifs is 1. The van der Waals surface area contributed by atoms with Crippen molar-refractivity contribution in [1.82, 2.24) is 0 Å². The van der Waals surface area contributed by atoms with E-state index in [0.717, 1.165) is 28.0 Å². The molecule has 0 amide bonds. The van der Waals surface area contributed by atoms with E-state index in [2.05, 4.69) is 32.0 Å². The molecular weight excluding hydrogens is 262 g/mol. The summed E-state index contributed by atoms with van der Waals surface area (Å²) in [6.45, 7) is 4.19. The van der Waals surface area contributed by atoms with Gasteiger partial charge in [-0.3, -0.25) is 0 Å². The highest BCUT2D eigenvalue weighted by Gasteiger charge is 2.15. The van der Waals surface area contributed by atoms with Crippen LogP contribution in [0, 0.1) is 13.8 Å². The minimum atomic E-state index is -0.261. The highest BCUT2D eigenvalue weighted by Crippen LogP contribution is 2.29. The Bertz CT molecular complexity index is 789. The Morgan fingerprint density at radius 2 is 1.81 bits per heavy atom. The second kappa shape index (κ2) is 5.26. The van der Waals surface area contributed by atoms with Crippen molar-refractivity contribution in [2.75, 3.05) is 7.11 Å². The lowest BCUT2D eigenvalue weighted by molar-refractivity contribution is 0.414. The van der Waals surface area contributed by atoms with Gasteiger partial charge in [0.05, 0.1) is 13.2 Å². The number of benzene rings is 2. The van der Waals surface area contributed by atoms with Crippen molar-refractivity contribution in [2.45, 2.75) is 19.9 Å². The summed E-state index contributed by atoms with van der Waals surface area (Å²) in [5.74, 6) is 1.55. The van der Waals surface area contributed by atoms with E-state index in [1.165, 1.54) is 11.1 Å². The zero-order chi connectivity index (χ0) is 15.0. The van der Waals surface area contributed by atoms with Gasteiger partial charge in [0.2, 0.25) is 0 Å². The molecular formula is C18H19NO2. The van der Waals surface area contributed by atoms with Gasteiger partial charge in [-0.05, 0) is 48.7 Å². The molecule has 21 heavy (non-hydrogen) atoms. The van der Waals surface area contributed by atoms with Crippen molar-refractivity contribution in [3.63, 3.8) is 0 Å². The van der Waals surface area contributed by atoms with Gasteiger partial charge in [0.1, 0.15) is 17.1 Å². The minimum Gasteiger partial charge on any atom is -0.497 e. The summed E-state index contributed by atoms with van der Waals surface area (Å²) in [6, 6.07) is 13.8. The van der Waals surface area contributed by atoms with Crippen molar-refractivity contribution in [3.05, 3.63) is 64.9 Å². The van der Waals surface area contributed by atoms with E-state index < -0.39 is 0 Å². The van der Waals surface area contributed by atoms with Crippen LogP contribution in [0.4, 0.5) is 0 Å². The van der Waals surface area contributed by atoms with Gasteiger partial charge in [-0.15, -0.1) is 0 Å². The summed E-state index contributed by atoms with van der Waals surface area (Å²) in [5, 5.41) is 1.03. The van der Waals surface area contributed by atoms with E-state index in [1.807, 2.05) is 24.3 Å². The van der Waals surface area contributed by atoms with Crippen LogP contribution in [0.5, 0.6) is 5.75 Å². The van der Waals surface area contributed by atoms with Gasteiger partial charge in [-0.2, -0.15) is 0 Å². The number of hydrogen-bond acceptors (Lipinski definition) is 3. The molecule has 2 N–H and O–H groups in total. The molecule has 0 saturated carbocycles. The molecule has 1 atom stereocenters. The van der Waals surface area contributed by atoms with Crippen LogP contribution in [-0.4, -0.2) is 7.11 Å². The second-order valence-corrected chi connectivity index (χ2v) is 5.37. The third-order valence-corrected chi connectivity index (χ3v) is 3.94. The van der Waals surface area contributed by atoms with Gasteiger partial charge in [0.15, 0.2) is 0 Å². The lowest BCUT2D eigenvalue weighted by atomic mass is 10.00. The molecule has 0 bridgehead atoms. The Balaban J connectivity index is 2.00. The number of aryl methyl sites for hydroxylation is 2. The van der Waals surface area contributed by atoms with E-state index >= 15 is 0 Å². The van der Waals surface area contributed by atoms with Gasteiger partial charge in [0, 0.05) is 11.5 Å². The topological polar surface area (TPSA) is 48.4 Å². The normalized spacial score (nSPS) is 12.6. The largest absolute Gasteiger partial charge is 0.497 e. The van der Waals surface area contributed by atoms with Crippen LogP contribution < -0.4 is 10.5 Å². The lowest BCUT2D eigenvalue weighted by Gasteiger charge is -2.11. The number of hydrogen-bond donors (Lipinski definition) is 1. The fraction of sp³-hybridized carbons (Fsp3) is 0.222. The molecule has 0 aliphatic rings. The molecule has 0 spiro atoms. The molecule has 0 aliphatic heterocycles. The Morgan fingerprint density at radius 3 is 2.52 bits per heavy atom. The maximum Gasteiger partial charge on any atom is 0.138 e. The van der Waals surface area contributed by atoms with E-state index in [9.17, 15) is 0 Å². The first-order chi connectivity index (χ1) is 10.1. The first-order valence-corrected chi connectivity index (χ1v) is 6.98. The predicted molar refractivity (Wildman–Crippen MR) is 84.7 cm³/mol.